The molecular formula is C29H36N4O4S. The summed E-state index contributed by atoms with van der Waals surface area (Å²) in [7, 11) is 0. The molecular weight excluding hydrogens is 500 g/mol. The first kappa shape index (κ1) is 27.7. The number of benzene rings is 2. The summed E-state index contributed by atoms with van der Waals surface area (Å²) in [5, 5.41) is 3.28. The number of aryl methyl sites for hydroxylation is 1. The van der Waals surface area contributed by atoms with Crippen LogP contribution in [0.1, 0.15) is 49.0 Å². The first-order valence-electron chi connectivity index (χ1n) is 13.3. The van der Waals surface area contributed by atoms with Crippen LogP contribution in [-0.2, 0) is 14.3 Å². The summed E-state index contributed by atoms with van der Waals surface area (Å²) < 4.78 is 5.01. The molecule has 9 heteroatoms. The molecule has 0 spiro atoms. The standard InChI is InChI=1S/C29H36N4O4S/c1-4-37-28(36)22-7-9-23(10-8-22)30-26(34)19-25-27(35)33(24-11-5-20(2)6-12-24)29(38)32(25)18-17-31-15-13-21(3)14-16-31/h5-12,21,25H,4,13-19H2,1-3H3,(H,30,34). The molecule has 8 nitrogen and oxygen atoms in total. The second-order valence-electron chi connectivity index (χ2n) is 10.1. The lowest BCUT2D eigenvalue weighted by Gasteiger charge is -2.32. The monoisotopic (exact) mass is 536 g/mol. The number of carbonyl (C=O) groups excluding carboxylic acids is 3. The highest BCUT2D eigenvalue weighted by Gasteiger charge is 2.44. The minimum atomic E-state index is -0.689. The summed E-state index contributed by atoms with van der Waals surface area (Å²) >= 11 is 5.80. The fourth-order valence-electron chi connectivity index (χ4n) is 4.85. The summed E-state index contributed by atoms with van der Waals surface area (Å²) in [6, 6.07) is 13.5. The van der Waals surface area contributed by atoms with Crippen LogP contribution in [0.3, 0.4) is 0 Å². The second-order valence-corrected chi connectivity index (χ2v) is 10.4. The van der Waals surface area contributed by atoms with Gasteiger partial charge < -0.3 is 19.9 Å². The highest BCUT2D eigenvalue weighted by atomic mass is 32.1. The van der Waals surface area contributed by atoms with Gasteiger partial charge in [-0.2, -0.15) is 0 Å². The molecule has 2 aliphatic heterocycles. The van der Waals surface area contributed by atoms with Gasteiger partial charge in [-0.1, -0.05) is 24.6 Å². The number of piperidine rings is 1. The molecule has 2 aromatic carbocycles. The van der Waals surface area contributed by atoms with Gasteiger partial charge in [-0.05, 0) is 94.3 Å². The van der Waals surface area contributed by atoms with E-state index in [2.05, 4.69) is 17.1 Å². The van der Waals surface area contributed by atoms with E-state index in [0.29, 0.717) is 35.2 Å². The zero-order valence-electron chi connectivity index (χ0n) is 22.3. The van der Waals surface area contributed by atoms with Crippen molar-refractivity contribution >= 4 is 46.5 Å². The van der Waals surface area contributed by atoms with Gasteiger partial charge in [-0.25, -0.2) is 4.79 Å². The molecule has 2 aromatic rings. The van der Waals surface area contributed by atoms with Crippen LogP contribution in [0.2, 0.25) is 0 Å². The summed E-state index contributed by atoms with van der Waals surface area (Å²) in [5.41, 5.74) is 2.75. The van der Waals surface area contributed by atoms with Crippen LogP contribution in [0.15, 0.2) is 48.5 Å². The lowest BCUT2D eigenvalue weighted by molar-refractivity contribution is -0.124. The van der Waals surface area contributed by atoms with Crippen LogP contribution >= 0.6 is 12.2 Å². The number of hydrogen-bond acceptors (Lipinski definition) is 6. The van der Waals surface area contributed by atoms with E-state index >= 15 is 0 Å². The predicted molar refractivity (Wildman–Crippen MR) is 152 cm³/mol. The molecule has 0 radical (unpaired) electrons. The van der Waals surface area contributed by atoms with Crippen molar-refractivity contribution in [1.82, 2.24) is 9.80 Å². The van der Waals surface area contributed by atoms with Gasteiger partial charge in [0.2, 0.25) is 5.91 Å². The number of amides is 2. The Morgan fingerprint density at radius 2 is 1.68 bits per heavy atom. The molecule has 38 heavy (non-hydrogen) atoms. The maximum absolute atomic E-state index is 13.6. The largest absolute Gasteiger partial charge is 0.462 e. The van der Waals surface area contributed by atoms with Crippen LogP contribution in [-0.4, -0.2) is 71.5 Å². The van der Waals surface area contributed by atoms with Crippen molar-refractivity contribution in [2.24, 2.45) is 5.92 Å². The number of anilines is 2. The molecule has 0 bridgehead atoms. The van der Waals surface area contributed by atoms with Crippen LogP contribution in [0.4, 0.5) is 11.4 Å². The topological polar surface area (TPSA) is 82.2 Å². The fourth-order valence-corrected chi connectivity index (χ4v) is 5.26. The number of nitrogens with one attached hydrogen (secondary N) is 1. The van der Waals surface area contributed by atoms with E-state index in [-0.39, 0.29) is 18.2 Å². The Morgan fingerprint density at radius 3 is 2.32 bits per heavy atom. The van der Waals surface area contributed by atoms with E-state index in [1.165, 1.54) is 12.8 Å². The molecule has 2 saturated heterocycles. The molecule has 1 atom stereocenters. The number of nitrogens with zero attached hydrogens (tertiary/aromatic N) is 3. The third-order valence-electron chi connectivity index (χ3n) is 7.20. The van der Waals surface area contributed by atoms with E-state index in [1.807, 2.05) is 36.1 Å². The molecule has 2 amide bonds. The highest BCUT2D eigenvalue weighted by molar-refractivity contribution is 7.80. The molecule has 2 heterocycles. The summed E-state index contributed by atoms with van der Waals surface area (Å²) in [6.07, 6.45) is 2.30. The average Bonchev–Trinajstić information content (AvgIpc) is 3.13. The van der Waals surface area contributed by atoms with Gasteiger partial charge in [0.15, 0.2) is 5.11 Å². The Kier molecular flexibility index (Phi) is 9.12. The van der Waals surface area contributed by atoms with Crippen LogP contribution in [0.25, 0.3) is 0 Å². The molecule has 4 rings (SSSR count). The van der Waals surface area contributed by atoms with Gasteiger partial charge in [-0.3, -0.25) is 14.5 Å². The quantitative estimate of drug-likeness (QED) is 0.379. The number of hydrogen-bond donors (Lipinski definition) is 1. The normalized spacial score (nSPS) is 18.7. The van der Waals surface area contributed by atoms with Gasteiger partial charge in [-0.15, -0.1) is 0 Å². The second kappa shape index (κ2) is 12.5. The molecule has 0 aliphatic carbocycles. The Hall–Kier alpha value is -3.30. The van der Waals surface area contributed by atoms with Crippen molar-refractivity contribution in [3.05, 3.63) is 59.7 Å². The van der Waals surface area contributed by atoms with Gasteiger partial charge in [0.05, 0.1) is 24.3 Å². The van der Waals surface area contributed by atoms with E-state index in [4.69, 9.17) is 17.0 Å². The van der Waals surface area contributed by atoms with Gasteiger partial charge in [0, 0.05) is 18.8 Å². The van der Waals surface area contributed by atoms with Crippen LogP contribution in [0, 0.1) is 12.8 Å². The van der Waals surface area contributed by atoms with Crippen LogP contribution < -0.4 is 10.2 Å². The number of esters is 1. The minimum Gasteiger partial charge on any atom is -0.462 e. The fraction of sp³-hybridized carbons (Fsp3) is 0.448. The van der Waals surface area contributed by atoms with Gasteiger partial charge in [0.25, 0.3) is 5.91 Å². The van der Waals surface area contributed by atoms with Crippen molar-refractivity contribution in [3.63, 3.8) is 0 Å². The molecule has 0 saturated carbocycles. The number of carbonyl (C=O) groups is 3. The first-order valence-corrected chi connectivity index (χ1v) is 13.7. The van der Waals surface area contributed by atoms with Crippen molar-refractivity contribution in [2.75, 3.05) is 43.0 Å². The van der Waals surface area contributed by atoms with E-state index in [9.17, 15) is 14.4 Å². The molecule has 1 N–H and O–H groups in total. The van der Waals surface area contributed by atoms with Crippen molar-refractivity contribution in [3.8, 4) is 0 Å². The smallest absolute Gasteiger partial charge is 0.338 e. The number of likely N-dealkylation sites (tertiary alicyclic amines) is 1. The Labute approximate surface area is 229 Å². The number of rotatable bonds is 9. The highest BCUT2D eigenvalue weighted by Crippen LogP contribution is 2.28. The predicted octanol–water partition coefficient (Wildman–Crippen LogP) is 4.23. The Bertz CT molecular complexity index is 1160. The number of thiocarbonyl (C=S) groups is 1. The van der Waals surface area contributed by atoms with E-state index < -0.39 is 12.0 Å². The third-order valence-corrected chi connectivity index (χ3v) is 7.62. The van der Waals surface area contributed by atoms with Crippen molar-refractivity contribution < 1.29 is 19.1 Å². The maximum Gasteiger partial charge on any atom is 0.338 e. The lowest BCUT2D eigenvalue weighted by atomic mass is 9.99. The molecule has 0 aromatic heterocycles. The van der Waals surface area contributed by atoms with Gasteiger partial charge in [0.1, 0.15) is 6.04 Å². The first-order chi connectivity index (χ1) is 18.3. The van der Waals surface area contributed by atoms with Crippen molar-refractivity contribution in [1.29, 1.82) is 0 Å². The summed E-state index contributed by atoms with van der Waals surface area (Å²) in [4.78, 5) is 44.4. The lowest BCUT2D eigenvalue weighted by Crippen LogP contribution is -2.44. The molecule has 2 fully saturated rings. The zero-order chi connectivity index (χ0) is 27.2. The molecule has 202 valence electrons. The maximum atomic E-state index is 13.6. The zero-order valence-corrected chi connectivity index (χ0v) is 23.1. The van der Waals surface area contributed by atoms with Gasteiger partial charge >= 0.3 is 5.97 Å². The SMILES string of the molecule is CCOC(=O)c1ccc(NC(=O)CC2C(=O)N(c3ccc(C)cc3)C(=S)N2CCN2CCC(C)CC2)cc1. The van der Waals surface area contributed by atoms with Crippen molar-refractivity contribution in [2.45, 2.75) is 46.1 Å². The minimum absolute atomic E-state index is 0.0298. The third kappa shape index (κ3) is 6.57. The Morgan fingerprint density at radius 1 is 1.03 bits per heavy atom. The molecule has 2 aliphatic rings. The Balaban J connectivity index is 1.47. The van der Waals surface area contributed by atoms with E-state index in [0.717, 1.165) is 31.1 Å². The summed E-state index contributed by atoms with van der Waals surface area (Å²) in [6.45, 7) is 9.74. The van der Waals surface area contributed by atoms with Crippen LogP contribution in [0.5, 0.6) is 0 Å². The average molecular weight is 537 g/mol. The van der Waals surface area contributed by atoms with E-state index in [1.54, 1.807) is 36.1 Å². The summed E-state index contributed by atoms with van der Waals surface area (Å²) in [5.74, 6) is -0.164. The number of ether oxygens (including phenoxy) is 1. The molecule has 1 unspecified atom stereocenters.